The Morgan fingerprint density at radius 2 is 1.94 bits per heavy atom. The number of halogens is 1. The van der Waals surface area contributed by atoms with Gasteiger partial charge in [0.1, 0.15) is 5.82 Å². The van der Waals surface area contributed by atoms with E-state index in [0.717, 1.165) is 54.1 Å². The minimum absolute atomic E-state index is 0. The third-order valence-electron chi connectivity index (χ3n) is 5.79. The van der Waals surface area contributed by atoms with Crippen molar-refractivity contribution in [1.82, 2.24) is 24.9 Å². The lowest BCUT2D eigenvalue weighted by molar-refractivity contribution is 0.0971. The number of anilines is 1. The first-order valence-corrected chi connectivity index (χ1v) is 10.6. The fourth-order valence-electron chi connectivity index (χ4n) is 4.18. The quantitative estimate of drug-likeness (QED) is 0.512. The van der Waals surface area contributed by atoms with Crippen LogP contribution in [0.2, 0.25) is 0 Å². The second-order valence-corrected chi connectivity index (χ2v) is 7.84. The Hall–Kier alpha value is -3.29. The van der Waals surface area contributed by atoms with Gasteiger partial charge in [0.05, 0.1) is 12.2 Å². The number of hydrogen-bond donors (Lipinski definition) is 1. The number of piperidine rings is 1. The summed E-state index contributed by atoms with van der Waals surface area (Å²) in [6.45, 7) is 3.76. The number of pyridine rings is 1. The van der Waals surface area contributed by atoms with Crippen LogP contribution in [0.5, 0.6) is 0 Å². The number of benzene rings is 1. The van der Waals surface area contributed by atoms with E-state index in [0.29, 0.717) is 5.56 Å². The number of amides is 1. The molecule has 1 amide bonds. The minimum Gasteiger partial charge on any atom is -0.315 e. The molecule has 4 heterocycles. The summed E-state index contributed by atoms with van der Waals surface area (Å²) in [5.41, 5.74) is 4.35. The smallest absolute Gasteiger partial charge is 0.259 e. The van der Waals surface area contributed by atoms with Crippen LogP contribution in [0.25, 0.3) is 16.8 Å². The number of carbonyl (C=O) groups excluding carboxylic acids is 1. The van der Waals surface area contributed by atoms with Gasteiger partial charge >= 0.3 is 0 Å². The Morgan fingerprint density at radius 3 is 2.69 bits per heavy atom. The number of fused-ring (bicyclic) bond motifs is 1. The Labute approximate surface area is 192 Å². The predicted octanol–water partition coefficient (Wildman–Crippen LogP) is 3.92. The fourth-order valence-corrected chi connectivity index (χ4v) is 4.18. The molecule has 164 valence electrons. The molecule has 1 fully saturated rings. The number of hydrogen-bond acceptors (Lipinski definition) is 5. The molecule has 0 spiro atoms. The molecule has 1 saturated heterocycles. The molecular formula is C24H25ClN6O. The first-order chi connectivity index (χ1) is 15.2. The maximum Gasteiger partial charge on any atom is 0.259 e. The first-order valence-electron chi connectivity index (χ1n) is 10.6. The van der Waals surface area contributed by atoms with Crippen molar-refractivity contribution in [2.75, 3.05) is 18.0 Å². The lowest BCUT2D eigenvalue weighted by Gasteiger charge is -2.34. The van der Waals surface area contributed by atoms with Crippen LogP contribution < -0.4 is 10.2 Å². The van der Waals surface area contributed by atoms with Gasteiger partial charge in [-0.3, -0.25) is 9.69 Å². The van der Waals surface area contributed by atoms with Crippen LogP contribution in [0.4, 0.5) is 5.82 Å². The minimum atomic E-state index is -0.0277. The van der Waals surface area contributed by atoms with Crippen LogP contribution in [-0.2, 0) is 0 Å². The first kappa shape index (κ1) is 21.9. The summed E-state index contributed by atoms with van der Waals surface area (Å²) in [4.78, 5) is 24.5. The third-order valence-corrected chi connectivity index (χ3v) is 5.79. The molecule has 3 aromatic heterocycles. The predicted molar refractivity (Wildman–Crippen MR) is 127 cm³/mol. The molecule has 1 atom stereocenters. The van der Waals surface area contributed by atoms with E-state index in [1.54, 1.807) is 23.1 Å². The topological polar surface area (TPSA) is 75.4 Å². The standard InChI is InChI=1S/C24H24N6O.ClH/c1-17-5-2-12-26-22(17)30(20-6-3-11-25-15-20)24(31)19-9-7-18(8-10-19)21-16-28-29-14-4-13-27-23(21)29;/h2,4-5,7-10,12-14,16,20,25H,3,6,11,15H2,1H3;1H/t20-;/m1./s1. The van der Waals surface area contributed by atoms with Crippen LogP contribution in [0.3, 0.4) is 0 Å². The van der Waals surface area contributed by atoms with E-state index in [1.165, 1.54) is 0 Å². The average molecular weight is 449 g/mol. The van der Waals surface area contributed by atoms with Gasteiger partial charge in [-0.2, -0.15) is 5.10 Å². The molecule has 5 rings (SSSR count). The second-order valence-electron chi connectivity index (χ2n) is 7.84. The van der Waals surface area contributed by atoms with E-state index < -0.39 is 0 Å². The number of aromatic nitrogens is 4. The van der Waals surface area contributed by atoms with Crippen molar-refractivity contribution >= 4 is 29.8 Å². The maximum absolute atomic E-state index is 13.6. The van der Waals surface area contributed by atoms with Gasteiger partial charge in [-0.05, 0) is 61.7 Å². The molecule has 32 heavy (non-hydrogen) atoms. The van der Waals surface area contributed by atoms with Gasteiger partial charge in [0, 0.05) is 36.3 Å². The Morgan fingerprint density at radius 1 is 1.12 bits per heavy atom. The van der Waals surface area contributed by atoms with Gasteiger partial charge in [0.15, 0.2) is 5.65 Å². The molecule has 0 unspecified atom stereocenters. The van der Waals surface area contributed by atoms with Crippen LogP contribution in [0, 0.1) is 6.92 Å². The molecule has 0 bridgehead atoms. The maximum atomic E-state index is 13.6. The van der Waals surface area contributed by atoms with Gasteiger partial charge in [-0.1, -0.05) is 18.2 Å². The number of nitrogens with one attached hydrogen (secondary N) is 1. The highest BCUT2D eigenvalue weighted by molar-refractivity contribution is 6.06. The molecular weight excluding hydrogens is 424 g/mol. The van der Waals surface area contributed by atoms with Gasteiger partial charge in [0.2, 0.25) is 0 Å². The molecule has 0 aliphatic carbocycles. The van der Waals surface area contributed by atoms with Crippen molar-refractivity contribution in [3.8, 4) is 11.1 Å². The summed E-state index contributed by atoms with van der Waals surface area (Å²) in [5, 5.41) is 7.77. The van der Waals surface area contributed by atoms with Gasteiger partial charge < -0.3 is 5.32 Å². The largest absolute Gasteiger partial charge is 0.315 e. The monoisotopic (exact) mass is 448 g/mol. The van der Waals surface area contributed by atoms with E-state index in [1.807, 2.05) is 60.5 Å². The normalized spacial score (nSPS) is 15.8. The van der Waals surface area contributed by atoms with Crippen molar-refractivity contribution in [3.05, 3.63) is 78.4 Å². The summed E-state index contributed by atoms with van der Waals surface area (Å²) in [6, 6.07) is 13.5. The Bertz CT molecular complexity index is 1220. The van der Waals surface area contributed by atoms with Crippen LogP contribution >= 0.6 is 12.4 Å². The number of rotatable bonds is 4. The van der Waals surface area contributed by atoms with Gasteiger partial charge in [-0.25, -0.2) is 14.5 Å². The van der Waals surface area contributed by atoms with Crippen LogP contribution in [0.15, 0.2) is 67.3 Å². The molecule has 8 heteroatoms. The average Bonchev–Trinajstić information content (AvgIpc) is 3.25. The molecule has 1 aliphatic rings. The van der Waals surface area contributed by atoms with Crippen molar-refractivity contribution in [3.63, 3.8) is 0 Å². The van der Waals surface area contributed by atoms with Crippen molar-refractivity contribution < 1.29 is 4.79 Å². The summed E-state index contributed by atoms with van der Waals surface area (Å²) in [7, 11) is 0. The highest BCUT2D eigenvalue weighted by atomic mass is 35.5. The van der Waals surface area contributed by atoms with Crippen LogP contribution in [-0.4, -0.2) is 44.6 Å². The molecule has 1 N–H and O–H groups in total. The summed E-state index contributed by atoms with van der Waals surface area (Å²) < 4.78 is 1.75. The molecule has 1 aliphatic heterocycles. The summed E-state index contributed by atoms with van der Waals surface area (Å²) >= 11 is 0. The lowest BCUT2D eigenvalue weighted by atomic mass is 10.0. The number of carbonyl (C=O) groups is 1. The van der Waals surface area contributed by atoms with E-state index in [9.17, 15) is 4.79 Å². The van der Waals surface area contributed by atoms with Gasteiger partial charge in [0.25, 0.3) is 5.91 Å². The number of nitrogens with zero attached hydrogens (tertiary/aromatic N) is 5. The molecule has 7 nitrogen and oxygen atoms in total. The Kier molecular flexibility index (Phi) is 6.48. The summed E-state index contributed by atoms with van der Waals surface area (Å²) in [5.74, 6) is 0.706. The van der Waals surface area contributed by atoms with E-state index in [4.69, 9.17) is 0 Å². The fraction of sp³-hybridized carbons (Fsp3) is 0.250. The molecule has 0 radical (unpaired) electrons. The zero-order valence-electron chi connectivity index (χ0n) is 17.8. The van der Waals surface area contributed by atoms with Crippen LogP contribution in [0.1, 0.15) is 28.8 Å². The summed E-state index contributed by atoms with van der Waals surface area (Å²) in [6.07, 6.45) is 9.18. The lowest BCUT2D eigenvalue weighted by Crippen LogP contribution is -2.49. The van der Waals surface area contributed by atoms with Crippen molar-refractivity contribution in [2.45, 2.75) is 25.8 Å². The van der Waals surface area contributed by atoms with Crippen molar-refractivity contribution in [2.24, 2.45) is 0 Å². The van der Waals surface area contributed by atoms with E-state index >= 15 is 0 Å². The number of aryl methyl sites for hydroxylation is 1. The van der Waals surface area contributed by atoms with E-state index in [2.05, 4.69) is 20.4 Å². The highest BCUT2D eigenvalue weighted by Gasteiger charge is 2.29. The Balaban J connectivity index is 0.00000245. The molecule has 0 saturated carbocycles. The second kappa shape index (κ2) is 9.46. The highest BCUT2D eigenvalue weighted by Crippen LogP contribution is 2.27. The third kappa shape index (κ3) is 4.09. The molecule has 1 aromatic carbocycles. The van der Waals surface area contributed by atoms with Gasteiger partial charge in [-0.15, -0.1) is 12.4 Å². The SMILES string of the molecule is Cc1cccnc1N(C(=O)c1ccc(-c2cnn3cccnc23)cc1)[C@@H]1CCCNC1.Cl. The molecule has 4 aromatic rings. The zero-order valence-corrected chi connectivity index (χ0v) is 18.6. The van der Waals surface area contributed by atoms with Crippen molar-refractivity contribution in [1.29, 1.82) is 0 Å². The van der Waals surface area contributed by atoms with E-state index in [-0.39, 0.29) is 24.4 Å². The zero-order chi connectivity index (χ0) is 21.2.